The summed E-state index contributed by atoms with van der Waals surface area (Å²) >= 11 is 0. The number of anilines is 2. The monoisotopic (exact) mass is 433 g/mol. The zero-order valence-corrected chi connectivity index (χ0v) is 19.0. The number of aromatic nitrogens is 3. The highest BCUT2D eigenvalue weighted by atomic mass is 16.5. The van der Waals surface area contributed by atoms with Gasteiger partial charge in [-0.2, -0.15) is 0 Å². The van der Waals surface area contributed by atoms with Gasteiger partial charge in [0.15, 0.2) is 5.82 Å². The molecule has 4 rings (SSSR count). The van der Waals surface area contributed by atoms with E-state index in [1.54, 1.807) is 12.1 Å². The van der Waals surface area contributed by atoms with Crippen LogP contribution in [0.5, 0.6) is 0 Å². The number of nitrogens with zero attached hydrogens (tertiary/aromatic N) is 3. The lowest BCUT2D eigenvalue weighted by atomic mass is 9.96. The number of pyridine rings is 1. The van der Waals surface area contributed by atoms with Gasteiger partial charge in [-0.3, -0.25) is 0 Å². The molecule has 0 bridgehead atoms. The first kappa shape index (κ1) is 22.0. The second kappa shape index (κ2) is 9.94. The molecule has 0 aliphatic heterocycles. The summed E-state index contributed by atoms with van der Waals surface area (Å²) in [4.78, 5) is 26.6. The Bertz CT molecular complexity index is 1060. The van der Waals surface area contributed by atoms with Crippen LogP contribution in [0.2, 0.25) is 0 Å². The average Bonchev–Trinajstić information content (AvgIpc) is 2.80. The summed E-state index contributed by atoms with van der Waals surface area (Å²) in [7, 11) is 0. The Morgan fingerprint density at radius 3 is 2.53 bits per heavy atom. The second-order valence-corrected chi connectivity index (χ2v) is 8.72. The fourth-order valence-electron chi connectivity index (χ4n) is 4.00. The number of fused-ring (bicyclic) bond motifs is 1. The number of nitrogens with one attached hydrogen (secondary N) is 2. The van der Waals surface area contributed by atoms with Crippen LogP contribution in [0.15, 0.2) is 42.6 Å². The number of carbonyl (C=O) groups excluding carboxylic acids is 1. The maximum atomic E-state index is 12.5. The fourth-order valence-corrected chi connectivity index (χ4v) is 4.00. The second-order valence-electron chi connectivity index (χ2n) is 8.72. The minimum Gasteiger partial charge on any atom is -0.453 e. The number of benzene rings is 1. The Kier molecular flexibility index (Phi) is 6.83. The van der Waals surface area contributed by atoms with Crippen LogP contribution in [0, 0.1) is 0 Å². The van der Waals surface area contributed by atoms with Gasteiger partial charge in [0.2, 0.25) is 5.95 Å². The molecule has 2 aromatic heterocycles. The van der Waals surface area contributed by atoms with Crippen LogP contribution in [-0.2, 0) is 4.74 Å². The van der Waals surface area contributed by atoms with Crippen LogP contribution < -0.4 is 10.6 Å². The van der Waals surface area contributed by atoms with E-state index in [1.165, 1.54) is 19.3 Å². The normalized spacial score (nSPS) is 15.5. The molecule has 2 heterocycles. The summed E-state index contributed by atoms with van der Waals surface area (Å²) in [6.07, 6.45) is 7.40. The smallest absolute Gasteiger partial charge is 0.338 e. The number of rotatable bonds is 7. The van der Waals surface area contributed by atoms with Crippen molar-refractivity contribution in [3.63, 3.8) is 0 Å². The first-order valence-electron chi connectivity index (χ1n) is 11.5. The first-order valence-corrected chi connectivity index (χ1v) is 11.5. The predicted molar refractivity (Wildman–Crippen MR) is 127 cm³/mol. The molecule has 1 unspecified atom stereocenters. The van der Waals surface area contributed by atoms with Crippen LogP contribution in [0.3, 0.4) is 0 Å². The highest BCUT2D eigenvalue weighted by Gasteiger charge is 2.19. The third-order valence-electron chi connectivity index (χ3n) is 5.66. The topological polar surface area (TPSA) is 89.0 Å². The quantitative estimate of drug-likeness (QED) is 0.475. The molecule has 1 atom stereocenters. The van der Waals surface area contributed by atoms with Gasteiger partial charge in [0.1, 0.15) is 11.6 Å². The first-order chi connectivity index (χ1) is 15.5. The third kappa shape index (κ3) is 5.33. The van der Waals surface area contributed by atoms with Crippen LogP contribution in [0.25, 0.3) is 10.9 Å². The summed E-state index contributed by atoms with van der Waals surface area (Å²) in [6.45, 7) is 5.94. The van der Waals surface area contributed by atoms with E-state index in [9.17, 15) is 4.79 Å². The Morgan fingerprint density at radius 2 is 1.81 bits per heavy atom. The van der Waals surface area contributed by atoms with E-state index in [4.69, 9.17) is 14.7 Å². The van der Waals surface area contributed by atoms with Crippen molar-refractivity contribution >= 4 is 28.6 Å². The molecule has 7 heteroatoms. The van der Waals surface area contributed by atoms with Crippen molar-refractivity contribution in [1.29, 1.82) is 0 Å². The Balaban J connectivity index is 1.60. The average molecular weight is 434 g/mol. The predicted octanol–water partition coefficient (Wildman–Crippen LogP) is 5.51. The standard InChI is InChI=1S/C25H31N5O2/c1-16(2)27-23-22-19(15-26-25(30-22)28-20-12-8-5-9-13-20)14-21(29-23)17(3)32-24(31)18-10-6-4-7-11-18/h4,6-7,10-11,14-17,20H,5,8-9,12-13H2,1-3H3,(H,27,29)(H,26,28,30). The van der Waals surface area contributed by atoms with Crippen LogP contribution in [-0.4, -0.2) is 33.0 Å². The molecule has 0 spiro atoms. The lowest BCUT2D eigenvalue weighted by molar-refractivity contribution is 0.0330. The molecule has 0 amide bonds. The van der Waals surface area contributed by atoms with Gasteiger partial charge < -0.3 is 15.4 Å². The van der Waals surface area contributed by atoms with Crippen molar-refractivity contribution in [3.05, 3.63) is 53.9 Å². The maximum Gasteiger partial charge on any atom is 0.338 e. The Morgan fingerprint density at radius 1 is 1.06 bits per heavy atom. The van der Waals surface area contributed by atoms with Crippen molar-refractivity contribution in [2.45, 2.75) is 71.1 Å². The van der Waals surface area contributed by atoms with Gasteiger partial charge in [-0.15, -0.1) is 0 Å². The zero-order chi connectivity index (χ0) is 22.5. The van der Waals surface area contributed by atoms with Gasteiger partial charge in [0.25, 0.3) is 0 Å². The van der Waals surface area contributed by atoms with Crippen molar-refractivity contribution in [2.75, 3.05) is 10.6 Å². The van der Waals surface area contributed by atoms with E-state index in [0.29, 0.717) is 29.1 Å². The molecule has 0 radical (unpaired) electrons. The molecule has 2 N–H and O–H groups in total. The number of ether oxygens (including phenoxy) is 1. The molecule has 1 aliphatic rings. The largest absolute Gasteiger partial charge is 0.453 e. The fraction of sp³-hybridized carbons (Fsp3) is 0.440. The molecule has 1 aliphatic carbocycles. The SMILES string of the molecule is CC(C)Nc1nc(C(C)OC(=O)c2ccccc2)cc2cnc(NC3CCCCC3)nc12. The molecular weight excluding hydrogens is 402 g/mol. The van der Waals surface area contributed by atoms with E-state index in [0.717, 1.165) is 23.7 Å². The summed E-state index contributed by atoms with van der Waals surface area (Å²) in [6, 6.07) is 11.5. The summed E-state index contributed by atoms with van der Waals surface area (Å²) in [5.74, 6) is 0.931. The molecule has 1 fully saturated rings. The minimum absolute atomic E-state index is 0.174. The van der Waals surface area contributed by atoms with E-state index < -0.39 is 6.10 Å². The highest BCUT2D eigenvalue weighted by molar-refractivity contribution is 5.90. The Hall–Kier alpha value is -3.22. The lowest BCUT2D eigenvalue weighted by Crippen LogP contribution is -2.23. The zero-order valence-electron chi connectivity index (χ0n) is 19.0. The van der Waals surface area contributed by atoms with Crippen molar-refractivity contribution in [3.8, 4) is 0 Å². The minimum atomic E-state index is -0.514. The summed E-state index contributed by atoms with van der Waals surface area (Å²) < 4.78 is 5.67. The van der Waals surface area contributed by atoms with E-state index in [1.807, 2.05) is 37.4 Å². The molecule has 1 aromatic carbocycles. The van der Waals surface area contributed by atoms with E-state index in [2.05, 4.69) is 29.5 Å². The van der Waals surface area contributed by atoms with Crippen molar-refractivity contribution in [1.82, 2.24) is 15.0 Å². The lowest BCUT2D eigenvalue weighted by Gasteiger charge is -2.23. The number of hydrogen-bond donors (Lipinski definition) is 2. The van der Waals surface area contributed by atoms with Crippen molar-refractivity contribution < 1.29 is 9.53 Å². The highest BCUT2D eigenvalue weighted by Crippen LogP contribution is 2.28. The summed E-state index contributed by atoms with van der Waals surface area (Å²) in [5.41, 5.74) is 1.93. The molecule has 1 saturated carbocycles. The molecule has 168 valence electrons. The van der Waals surface area contributed by atoms with E-state index in [-0.39, 0.29) is 12.0 Å². The van der Waals surface area contributed by atoms with Crippen LogP contribution in [0.1, 0.15) is 75.0 Å². The van der Waals surface area contributed by atoms with Gasteiger partial charge in [0, 0.05) is 23.7 Å². The van der Waals surface area contributed by atoms with E-state index >= 15 is 0 Å². The van der Waals surface area contributed by atoms with Crippen molar-refractivity contribution in [2.24, 2.45) is 0 Å². The maximum absolute atomic E-state index is 12.5. The molecule has 7 nitrogen and oxygen atoms in total. The van der Waals surface area contributed by atoms with Gasteiger partial charge in [-0.25, -0.2) is 19.7 Å². The molecule has 0 saturated heterocycles. The van der Waals surface area contributed by atoms with Gasteiger partial charge in [-0.1, -0.05) is 37.5 Å². The van der Waals surface area contributed by atoms with Crippen LogP contribution >= 0.6 is 0 Å². The third-order valence-corrected chi connectivity index (χ3v) is 5.66. The van der Waals surface area contributed by atoms with Crippen LogP contribution in [0.4, 0.5) is 11.8 Å². The molecule has 32 heavy (non-hydrogen) atoms. The molecule has 3 aromatic rings. The number of hydrogen-bond acceptors (Lipinski definition) is 7. The number of esters is 1. The molecular formula is C25H31N5O2. The van der Waals surface area contributed by atoms with Gasteiger partial charge >= 0.3 is 5.97 Å². The Labute approximate surface area is 189 Å². The van der Waals surface area contributed by atoms with Gasteiger partial charge in [0.05, 0.1) is 11.3 Å². The number of carbonyl (C=O) groups is 1. The van der Waals surface area contributed by atoms with Gasteiger partial charge in [-0.05, 0) is 51.8 Å². The summed E-state index contributed by atoms with van der Waals surface area (Å²) in [5, 5.41) is 7.73.